The van der Waals surface area contributed by atoms with Crippen LogP contribution in [0, 0.1) is 0 Å². The van der Waals surface area contributed by atoms with E-state index < -0.39 is 0 Å². The van der Waals surface area contributed by atoms with Gasteiger partial charge in [-0.25, -0.2) is 4.98 Å². The van der Waals surface area contributed by atoms with Crippen LogP contribution in [0.2, 0.25) is 5.02 Å². The summed E-state index contributed by atoms with van der Waals surface area (Å²) in [5.74, 6) is 0.467. The molecule has 0 saturated heterocycles. The van der Waals surface area contributed by atoms with Crippen molar-refractivity contribution >= 4 is 39.3 Å². The number of carbonyl (C=O) groups excluding carboxylic acids is 1. The zero-order valence-corrected chi connectivity index (χ0v) is 14.1. The third kappa shape index (κ3) is 3.95. The molecule has 4 nitrogen and oxygen atoms in total. The summed E-state index contributed by atoms with van der Waals surface area (Å²) in [7, 11) is 3.50. The van der Waals surface area contributed by atoms with Crippen molar-refractivity contribution in [3.63, 3.8) is 0 Å². The average molecular weight is 369 g/mol. The first-order valence-corrected chi connectivity index (χ1v) is 7.51. The fourth-order valence-electron chi connectivity index (χ4n) is 1.94. The van der Waals surface area contributed by atoms with Crippen molar-refractivity contribution in [2.24, 2.45) is 0 Å². The van der Waals surface area contributed by atoms with Gasteiger partial charge in [-0.3, -0.25) is 4.79 Å². The van der Waals surface area contributed by atoms with E-state index in [0.717, 1.165) is 10.0 Å². The predicted octanol–water partition coefficient (Wildman–Crippen LogP) is 3.81. The van der Waals surface area contributed by atoms with Crippen LogP contribution in [-0.4, -0.2) is 29.9 Å². The summed E-state index contributed by atoms with van der Waals surface area (Å²) in [6, 6.07) is 9.21. The van der Waals surface area contributed by atoms with Gasteiger partial charge in [0.05, 0.1) is 5.56 Å². The van der Waals surface area contributed by atoms with Gasteiger partial charge >= 0.3 is 0 Å². The molecular weight excluding hydrogens is 354 g/mol. The van der Waals surface area contributed by atoms with Crippen molar-refractivity contribution in [3.8, 4) is 0 Å². The van der Waals surface area contributed by atoms with E-state index in [1.165, 1.54) is 0 Å². The zero-order chi connectivity index (χ0) is 15.4. The number of nitrogens with one attached hydrogen (secondary N) is 1. The maximum absolute atomic E-state index is 12.5. The average Bonchev–Trinajstić information content (AvgIpc) is 2.48. The summed E-state index contributed by atoms with van der Waals surface area (Å²) in [5.41, 5.74) is 1.55. The number of halogens is 2. The van der Waals surface area contributed by atoms with E-state index >= 15 is 0 Å². The van der Waals surface area contributed by atoms with Gasteiger partial charge in [0.15, 0.2) is 0 Å². The normalized spacial score (nSPS) is 10.3. The molecule has 0 spiro atoms. The van der Waals surface area contributed by atoms with Gasteiger partial charge in [-0.1, -0.05) is 23.7 Å². The Kier molecular flexibility index (Phi) is 5.20. The van der Waals surface area contributed by atoms with Crippen LogP contribution in [0.25, 0.3) is 0 Å². The van der Waals surface area contributed by atoms with E-state index in [0.29, 0.717) is 22.9 Å². The van der Waals surface area contributed by atoms with Gasteiger partial charge in [0.25, 0.3) is 5.91 Å². The van der Waals surface area contributed by atoms with Gasteiger partial charge in [-0.05, 0) is 39.7 Å². The number of amides is 1. The Labute approximate surface area is 137 Å². The van der Waals surface area contributed by atoms with Gasteiger partial charge in [-0.15, -0.1) is 0 Å². The van der Waals surface area contributed by atoms with Crippen molar-refractivity contribution in [3.05, 3.63) is 57.2 Å². The summed E-state index contributed by atoms with van der Waals surface area (Å²) in [6.45, 7) is 0.506. The molecule has 21 heavy (non-hydrogen) atoms. The summed E-state index contributed by atoms with van der Waals surface area (Å²) in [5, 5.41) is 3.61. The minimum Gasteiger partial charge on any atom is -0.372 e. The topological polar surface area (TPSA) is 45.2 Å². The maximum Gasteiger partial charge on any atom is 0.257 e. The number of aromatic nitrogens is 1. The van der Waals surface area contributed by atoms with Gasteiger partial charge in [0, 0.05) is 36.3 Å². The highest BCUT2D eigenvalue weighted by atomic mass is 79.9. The lowest BCUT2D eigenvalue weighted by Crippen LogP contribution is -2.27. The van der Waals surface area contributed by atoms with Crippen LogP contribution in [0.3, 0.4) is 0 Å². The fourth-order valence-corrected chi connectivity index (χ4v) is 2.40. The van der Waals surface area contributed by atoms with Gasteiger partial charge < -0.3 is 10.2 Å². The number of rotatable bonds is 4. The summed E-state index contributed by atoms with van der Waals surface area (Å²) >= 11 is 9.20. The minimum absolute atomic E-state index is 0.0944. The third-order valence-electron chi connectivity index (χ3n) is 3.00. The molecule has 1 aromatic heterocycles. The molecule has 0 saturated carbocycles. The molecule has 6 heteroatoms. The van der Waals surface area contributed by atoms with Gasteiger partial charge in [0.1, 0.15) is 5.82 Å². The Morgan fingerprint density at radius 3 is 2.67 bits per heavy atom. The lowest BCUT2D eigenvalue weighted by Gasteiger charge is -2.19. The third-order valence-corrected chi connectivity index (χ3v) is 3.69. The van der Waals surface area contributed by atoms with Gasteiger partial charge in [0.2, 0.25) is 0 Å². The Morgan fingerprint density at radius 1 is 1.38 bits per heavy atom. The number of anilines is 1. The molecule has 1 N–H and O–H groups in total. The Hall–Kier alpha value is -1.59. The van der Waals surface area contributed by atoms with Crippen LogP contribution in [-0.2, 0) is 6.54 Å². The van der Waals surface area contributed by atoms with E-state index in [-0.39, 0.29) is 5.91 Å². The number of carbonyl (C=O) groups is 1. The zero-order valence-electron chi connectivity index (χ0n) is 11.7. The second-order valence-corrected chi connectivity index (χ2v) is 5.94. The molecule has 0 radical (unpaired) electrons. The smallest absolute Gasteiger partial charge is 0.257 e. The van der Waals surface area contributed by atoms with Crippen molar-refractivity contribution < 1.29 is 4.79 Å². The first kappa shape index (κ1) is 15.8. The van der Waals surface area contributed by atoms with Gasteiger partial charge in [-0.2, -0.15) is 0 Å². The predicted molar refractivity (Wildman–Crippen MR) is 88.7 cm³/mol. The molecule has 0 aliphatic carbocycles. The first-order valence-electron chi connectivity index (χ1n) is 6.34. The Bertz CT molecular complexity index is 646. The van der Waals surface area contributed by atoms with E-state index in [4.69, 9.17) is 11.6 Å². The molecule has 0 aliphatic heterocycles. The molecule has 2 aromatic rings. The maximum atomic E-state index is 12.5. The molecular formula is C15H15BrClN3O. The van der Waals surface area contributed by atoms with E-state index in [1.54, 1.807) is 31.3 Å². The molecule has 2 rings (SSSR count). The molecule has 0 atom stereocenters. The summed E-state index contributed by atoms with van der Waals surface area (Å²) < 4.78 is 0.768. The Balaban J connectivity index is 2.19. The summed E-state index contributed by atoms with van der Waals surface area (Å²) in [4.78, 5) is 18.4. The van der Waals surface area contributed by atoms with Crippen LogP contribution in [0.5, 0.6) is 0 Å². The second kappa shape index (κ2) is 6.91. The van der Waals surface area contributed by atoms with E-state index in [2.05, 4.69) is 26.2 Å². The van der Waals surface area contributed by atoms with Crippen molar-refractivity contribution in [2.75, 3.05) is 19.4 Å². The highest BCUT2D eigenvalue weighted by molar-refractivity contribution is 9.10. The van der Waals surface area contributed by atoms with Crippen LogP contribution in [0.4, 0.5) is 5.82 Å². The monoisotopic (exact) mass is 367 g/mol. The van der Waals surface area contributed by atoms with E-state index in [1.807, 2.05) is 24.3 Å². The molecule has 0 aliphatic rings. The number of hydrogen-bond acceptors (Lipinski definition) is 3. The van der Waals surface area contributed by atoms with Crippen molar-refractivity contribution in [2.45, 2.75) is 6.54 Å². The van der Waals surface area contributed by atoms with Crippen LogP contribution in [0.1, 0.15) is 15.9 Å². The lowest BCUT2D eigenvalue weighted by atomic mass is 10.2. The fraction of sp³-hybridized carbons (Fsp3) is 0.200. The van der Waals surface area contributed by atoms with Crippen molar-refractivity contribution in [1.82, 2.24) is 9.88 Å². The molecule has 0 bridgehead atoms. The molecule has 0 unspecified atom stereocenters. The van der Waals surface area contributed by atoms with E-state index in [9.17, 15) is 4.79 Å². The number of hydrogen-bond donors (Lipinski definition) is 1. The highest BCUT2D eigenvalue weighted by Gasteiger charge is 2.17. The second-order valence-electron chi connectivity index (χ2n) is 4.59. The number of benzene rings is 1. The van der Waals surface area contributed by atoms with Crippen molar-refractivity contribution in [1.29, 1.82) is 0 Å². The minimum atomic E-state index is -0.0944. The van der Waals surface area contributed by atoms with Crippen LogP contribution < -0.4 is 5.32 Å². The molecule has 110 valence electrons. The number of nitrogens with zero attached hydrogens (tertiary/aromatic N) is 2. The molecule has 1 heterocycles. The molecule has 1 aromatic carbocycles. The van der Waals surface area contributed by atoms with Crippen LogP contribution >= 0.6 is 27.5 Å². The largest absolute Gasteiger partial charge is 0.372 e. The summed E-state index contributed by atoms with van der Waals surface area (Å²) in [6.07, 6.45) is 1.65. The standard InChI is InChI=1S/C15H15BrClN3O/c1-18-14-13(7-11(16)8-19-14)15(21)20(2)9-10-3-5-12(17)6-4-10/h3-8H,9H2,1-2H3,(H,18,19). The SMILES string of the molecule is CNc1ncc(Br)cc1C(=O)N(C)Cc1ccc(Cl)cc1. The Morgan fingerprint density at radius 2 is 2.05 bits per heavy atom. The number of pyridine rings is 1. The quantitative estimate of drug-likeness (QED) is 0.892. The lowest BCUT2D eigenvalue weighted by molar-refractivity contribution is 0.0785. The molecule has 0 fully saturated rings. The first-order chi connectivity index (χ1) is 10.0. The molecule has 1 amide bonds. The van der Waals surface area contributed by atoms with Crippen LogP contribution in [0.15, 0.2) is 41.0 Å². The highest BCUT2D eigenvalue weighted by Crippen LogP contribution is 2.20.